The number of ether oxygens (including phenoxy) is 2. The van der Waals surface area contributed by atoms with E-state index in [0.717, 1.165) is 0 Å². The SMILES string of the molecule is CC(C)(C)OC(=O)Nc1c[c]cc(NC(=O)OC(C)(C)C)c1. The van der Waals surface area contributed by atoms with Gasteiger partial charge in [0.1, 0.15) is 11.2 Å². The Bertz CT molecular complexity index is 497. The van der Waals surface area contributed by atoms with Crippen molar-refractivity contribution in [3.8, 4) is 0 Å². The van der Waals surface area contributed by atoms with Crippen molar-refractivity contribution in [1.29, 1.82) is 0 Å². The first-order chi connectivity index (χ1) is 9.94. The van der Waals surface area contributed by atoms with Crippen LogP contribution in [0.4, 0.5) is 21.0 Å². The zero-order valence-corrected chi connectivity index (χ0v) is 13.9. The molecule has 0 aliphatic carbocycles. The predicted molar refractivity (Wildman–Crippen MR) is 85.0 cm³/mol. The van der Waals surface area contributed by atoms with E-state index < -0.39 is 23.4 Å². The first-order valence-electron chi connectivity index (χ1n) is 6.96. The van der Waals surface area contributed by atoms with Crippen molar-refractivity contribution in [1.82, 2.24) is 0 Å². The lowest BCUT2D eigenvalue weighted by molar-refractivity contribution is 0.0625. The van der Waals surface area contributed by atoms with Crippen LogP contribution >= 0.6 is 0 Å². The van der Waals surface area contributed by atoms with Gasteiger partial charge in [-0.05, 0) is 65.8 Å². The Morgan fingerprint density at radius 1 is 0.864 bits per heavy atom. The van der Waals surface area contributed by atoms with Gasteiger partial charge in [0.05, 0.1) is 0 Å². The number of hydrogen-bond donors (Lipinski definition) is 2. The highest BCUT2D eigenvalue weighted by atomic mass is 16.6. The maximum atomic E-state index is 11.7. The summed E-state index contributed by atoms with van der Waals surface area (Å²) in [6.07, 6.45) is -1.15. The number of hydrogen-bond acceptors (Lipinski definition) is 4. The molecule has 0 aliphatic heterocycles. The molecule has 0 atom stereocenters. The van der Waals surface area contributed by atoms with Crippen molar-refractivity contribution in [3.05, 3.63) is 24.3 Å². The van der Waals surface area contributed by atoms with Crippen molar-refractivity contribution in [2.45, 2.75) is 52.7 Å². The van der Waals surface area contributed by atoms with Gasteiger partial charge in [0.2, 0.25) is 0 Å². The van der Waals surface area contributed by atoms with Crippen LogP contribution in [0.25, 0.3) is 0 Å². The van der Waals surface area contributed by atoms with Gasteiger partial charge >= 0.3 is 12.2 Å². The summed E-state index contributed by atoms with van der Waals surface area (Å²) in [6, 6.07) is 7.56. The quantitative estimate of drug-likeness (QED) is 0.859. The van der Waals surface area contributed by atoms with E-state index in [-0.39, 0.29) is 0 Å². The second-order valence-corrected chi connectivity index (χ2v) is 6.76. The van der Waals surface area contributed by atoms with E-state index in [1.165, 1.54) is 0 Å². The van der Waals surface area contributed by atoms with Gasteiger partial charge in [0.15, 0.2) is 0 Å². The summed E-state index contributed by atoms with van der Waals surface area (Å²) >= 11 is 0. The molecule has 1 rings (SSSR count). The highest BCUT2D eigenvalue weighted by molar-refractivity contribution is 5.88. The van der Waals surface area contributed by atoms with Gasteiger partial charge in [-0.15, -0.1) is 0 Å². The minimum absolute atomic E-state index is 0.461. The summed E-state index contributed by atoms with van der Waals surface area (Å²) in [4.78, 5) is 23.4. The standard InChI is InChI=1S/C16H23N2O4/c1-15(2,3)21-13(19)17-11-8-7-9-12(10-11)18-14(20)22-16(4,5)6/h8-10H,1-6H3,(H,17,19)(H,18,20). The van der Waals surface area contributed by atoms with Crippen LogP contribution in [0.1, 0.15) is 41.5 Å². The molecule has 0 saturated carbocycles. The number of amides is 2. The normalized spacial score (nSPS) is 11.5. The molecule has 0 bridgehead atoms. The largest absolute Gasteiger partial charge is 0.444 e. The van der Waals surface area contributed by atoms with E-state index in [4.69, 9.17) is 9.47 Å². The van der Waals surface area contributed by atoms with Crippen molar-refractivity contribution in [3.63, 3.8) is 0 Å². The van der Waals surface area contributed by atoms with E-state index in [1.807, 2.05) is 0 Å². The van der Waals surface area contributed by atoms with Crippen LogP contribution in [0.2, 0.25) is 0 Å². The zero-order valence-electron chi connectivity index (χ0n) is 13.9. The lowest BCUT2D eigenvalue weighted by atomic mass is 10.2. The molecule has 2 amide bonds. The minimum atomic E-state index is -0.583. The molecule has 0 aromatic heterocycles. The van der Waals surface area contributed by atoms with Crippen molar-refractivity contribution >= 4 is 23.6 Å². The fourth-order valence-electron chi connectivity index (χ4n) is 1.46. The second kappa shape index (κ2) is 6.68. The Morgan fingerprint density at radius 3 is 1.55 bits per heavy atom. The Morgan fingerprint density at radius 2 is 1.23 bits per heavy atom. The summed E-state index contributed by atoms with van der Waals surface area (Å²) in [5, 5.41) is 5.15. The average Bonchev–Trinajstić information content (AvgIpc) is 2.22. The van der Waals surface area contributed by atoms with Gasteiger partial charge in [-0.3, -0.25) is 10.6 Å². The number of anilines is 2. The molecule has 22 heavy (non-hydrogen) atoms. The van der Waals surface area contributed by atoms with Gasteiger partial charge in [0, 0.05) is 11.4 Å². The summed E-state index contributed by atoms with van der Waals surface area (Å²) in [7, 11) is 0. The molecule has 0 saturated heterocycles. The van der Waals surface area contributed by atoms with E-state index >= 15 is 0 Å². The summed E-state index contributed by atoms with van der Waals surface area (Å²) in [5.41, 5.74) is -0.244. The van der Waals surface area contributed by atoms with E-state index in [9.17, 15) is 9.59 Å². The molecular weight excluding hydrogens is 284 g/mol. The van der Waals surface area contributed by atoms with Gasteiger partial charge < -0.3 is 9.47 Å². The van der Waals surface area contributed by atoms with Crippen LogP contribution in [-0.4, -0.2) is 23.4 Å². The third-order valence-corrected chi connectivity index (χ3v) is 2.08. The van der Waals surface area contributed by atoms with Crippen molar-refractivity contribution in [2.24, 2.45) is 0 Å². The molecule has 1 aromatic carbocycles. The maximum Gasteiger partial charge on any atom is 0.412 e. The Kier molecular flexibility index (Phi) is 5.41. The molecule has 1 aromatic rings. The van der Waals surface area contributed by atoms with Gasteiger partial charge in [-0.2, -0.15) is 0 Å². The molecule has 0 fully saturated rings. The molecule has 6 nitrogen and oxygen atoms in total. The molecule has 121 valence electrons. The van der Waals surface area contributed by atoms with Gasteiger partial charge in [-0.25, -0.2) is 9.59 Å². The predicted octanol–water partition coefficient (Wildman–Crippen LogP) is 4.18. The maximum absolute atomic E-state index is 11.7. The molecular formula is C16H23N2O4. The van der Waals surface area contributed by atoms with Crippen molar-refractivity contribution < 1.29 is 19.1 Å². The highest BCUT2D eigenvalue weighted by Crippen LogP contribution is 2.17. The van der Waals surface area contributed by atoms with Crippen LogP contribution in [0, 0.1) is 6.07 Å². The molecule has 0 spiro atoms. The van der Waals surface area contributed by atoms with Gasteiger partial charge in [0.25, 0.3) is 0 Å². The fraction of sp³-hybridized carbons (Fsp3) is 0.500. The van der Waals surface area contributed by atoms with Crippen LogP contribution in [0.15, 0.2) is 18.2 Å². The summed E-state index contributed by atoms with van der Waals surface area (Å²) in [6.45, 7) is 10.7. The third kappa shape index (κ3) is 7.52. The first kappa shape index (κ1) is 17.8. The fourth-order valence-corrected chi connectivity index (χ4v) is 1.46. The Balaban J connectivity index is 2.66. The minimum Gasteiger partial charge on any atom is -0.444 e. The van der Waals surface area contributed by atoms with Crippen LogP contribution in [0.5, 0.6) is 0 Å². The molecule has 0 heterocycles. The number of carbonyl (C=O) groups excluding carboxylic acids is 2. The summed E-state index contributed by atoms with van der Waals surface area (Å²) in [5.74, 6) is 0. The topological polar surface area (TPSA) is 76.7 Å². The van der Waals surface area contributed by atoms with Crippen LogP contribution < -0.4 is 10.6 Å². The molecule has 0 aliphatic rings. The Labute approximate surface area is 131 Å². The molecule has 6 heteroatoms. The van der Waals surface area contributed by atoms with Gasteiger partial charge in [-0.1, -0.05) is 0 Å². The second-order valence-electron chi connectivity index (χ2n) is 6.76. The smallest absolute Gasteiger partial charge is 0.412 e. The average molecular weight is 307 g/mol. The molecule has 0 unspecified atom stereocenters. The third-order valence-electron chi connectivity index (χ3n) is 2.08. The van der Waals surface area contributed by atoms with E-state index in [2.05, 4.69) is 16.7 Å². The van der Waals surface area contributed by atoms with Crippen LogP contribution in [-0.2, 0) is 9.47 Å². The molecule has 1 radical (unpaired) electrons. The van der Waals surface area contributed by atoms with Crippen LogP contribution in [0.3, 0.4) is 0 Å². The lowest BCUT2D eigenvalue weighted by Gasteiger charge is -2.20. The van der Waals surface area contributed by atoms with Crippen molar-refractivity contribution in [2.75, 3.05) is 10.6 Å². The monoisotopic (exact) mass is 307 g/mol. The highest BCUT2D eigenvalue weighted by Gasteiger charge is 2.17. The zero-order chi connectivity index (χ0) is 17.0. The number of rotatable bonds is 2. The number of nitrogens with one attached hydrogen (secondary N) is 2. The number of benzene rings is 1. The van der Waals surface area contributed by atoms with E-state index in [0.29, 0.717) is 11.4 Å². The lowest BCUT2D eigenvalue weighted by Crippen LogP contribution is -2.28. The summed E-state index contributed by atoms with van der Waals surface area (Å²) < 4.78 is 10.3. The Hall–Kier alpha value is -2.24. The van der Waals surface area contributed by atoms with E-state index in [1.54, 1.807) is 59.7 Å². The number of carbonyl (C=O) groups is 2. The molecule has 2 N–H and O–H groups in total. The first-order valence-corrected chi connectivity index (χ1v) is 6.96.